The molecule has 2 aromatic heterocycles. The van der Waals surface area contributed by atoms with Crippen LogP contribution in [0.2, 0.25) is 0 Å². The zero-order valence-corrected chi connectivity index (χ0v) is 18.5. The number of amides is 2. The molecule has 0 saturated heterocycles. The number of hydrogen-bond donors (Lipinski definition) is 2. The molecule has 0 radical (unpaired) electrons. The summed E-state index contributed by atoms with van der Waals surface area (Å²) >= 11 is 3.32. The SMILES string of the molecule is Cc1cccnc1-n1nc(Br)cc1C(=O)Nc1c(C)cc(C#N)cc1C(=O)NC1CC1. The fraction of sp³-hybridized carbons (Fsp3) is 0.227. The van der Waals surface area contributed by atoms with Crippen molar-refractivity contribution < 1.29 is 9.59 Å². The van der Waals surface area contributed by atoms with Gasteiger partial charge in [0, 0.05) is 18.3 Å². The maximum Gasteiger partial charge on any atom is 0.274 e. The summed E-state index contributed by atoms with van der Waals surface area (Å²) in [6.45, 7) is 3.63. The lowest BCUT2D eigenvalue weighted by Crippen LogP contribution is -2.28. The molecule has 156 valence electrons. The Kier molecular flexibility index (Phi) is 5.57. The first-order chi connectivity index (χ1) is 14.9. The van der Waals surface area contributed by atoms with Crippen LogP contribution in [0.5, 0.6) is 0 Å². The Bertz CT molecular complexity index is 1240. The minimum Gasteiger partial charge on any atom is -0.349 e. The van der Waals surface area contributed by atoms with Gasteiger partial charge in [-0.2, -0.15) is 10.4 Å². The van der Waals surface area contributed by atoms with Crippen LogP contribution in [0.25, 0.3) is 5.82 Å². The zero-order chi connectivity index (χ0) is 22.1. The predicted octanol–water partition coefficient (Wildman–Crippen LogP) is 3.66. The monoisotopic (exact) mass is 478 g/mol. The number of aryl methyl sites for hydroxylation is 2. The molecule has 8 nitrogen and oxygen atoms in total. The molecule has 1 saturated carbocycles. The molecule has 2 amide bonds. The van der Waals surface area contributed by atoms with Gasteiger partial charge in [0.05, 0.1) is 22.9 Å². The van der Waals surface area contributed by atoms with E-state index in [1.807, 2.05) is 19.1 Å². The second-order valence-corrected chi connectivity index (χ2v) is 8.25. The van der Waals surface area contributed by atoms with E-state index in [-0.39, 0.29) is 23.2 Å². The molecule has 1 aliphatic rings. The first-order valence-electron chi connectivity index (χ1n) is 9.72. The van der Waals surface area contributed by atoms with E-state index in [4.69, 9.17) is 0 Å². The predicted molar refractivity (Wildman–Crippen MR) is 118 cm³/mol. The molecular weight excluding hydrogens is 460 g/mol. The van der Waals surface area contributed by atoms with Crippen LogP contribution in [-0.4, -0.2) is 32.6 Å². The quantitative estimate of drug-likeness (QED) is 0.580. The molecule has 0 unspecified atom stereocenters. The van der Waals surface area contributed by atoms with Crippen molar-refractivity contribution >= 4 is 33.4 Å². The molecule has 4 rings (SSSR count). The topological polar surface area (TPSA) is 113 Å². The number of hydrogen-bond acceptors (Lipinski definition) is 5. The highest BCUT2D eigenvalue weighted by Crippen LogP contribution is 2.27. The number of rotatable bonds is 5. The molecule has 0 aliphatic heterocycles. The van der Waals surface area contributed by atoms with Crippen LogP contribution in [0.15, 0.2) is 41.1 Å². The summed E-state index contributed by atoms with van der Waals surface area (Å²) in [6.07, 6.45) is 3.49. The Balaban J connectivity index is 1.72. The molecule has 1 fully saturated rings. The van der Waals surface area contributed by atoms with Crippen molar-refractivity contribution in [3.63, 3.8) is 0 Å². The number of benzene rings is 1. The molecule has 1 aromatic carbocycles. The maximum atomic E-state index is 13.2. The van der Waals surface area contributed by atoms with Crippen molar-refractivity contribution in [3.8, 4) is 11.9 Å². The number of carbonyl (C=O) groups is 2. The van der Waals surface area contributed by atoms with Crippen LogP contribution in [0.1, 0.15) is 50.4 Å². The number of aromatic nitrogens is 3. The average Bonchev–Trinajstić information content (AvgIpc) is 3.47. The number of halogens is 1. The number of nitrogens with one attached hydrogen (secondary N) is 2. The molecule has 0 bridgehead atoms. The van der Waals surface area contributed by atoms with Crippen LogP contribution in [0.4, 0.5) is 5.69 Å². The summed E-state index contributed by atoms with van der Waals surface area (Å²) in [4.78, 5) is 30.4. The minimum absolute atomic E-state index is 0.145. The molecular formula is C22H19BrN6O2. The summed E-state index contributed by atoms with van der Waals surface area (Å²) in [6, 6.07) is 10.6. The summed E-state index contributed by atoms with van der Waals surface area (Å²) < 4.78 is 1.93. The van der Waals surface area contributed by atoms with Gasteiger partial charge in [-0.15, -0.1) is 0 Å². The summed E-state index contributed by atoms with van der Waals surface area (Å²) in [7, 11) is 0. The second-order valence-electron chi connectivity index (χ2n) is 7.44. The van der Waals surface area contributed by atoms with Gasteiger partial charge in [0.25, 0.3) is 11.8 Å². The van der Waals surface area contributed by atoms with Crippen LogP contribution in [0.3, 0.4) is 0 Å². The smallest absolute Gasteiger partial charge is 0.274 e. The van der Waals surface area contributed by atoms with Crippen molar-refractivity contribution in [1.82, 2.24) is 20.1 Å². The van der Waals surface area contributed by atoms with Crippen molar-refractivity contribution in [1.29, 1.82) is 5.26 Å². The molecule has 2 heterocycles. The molecule has 0 spiro atoms. The van der Waals surface area contributed by atoms with Crippen LogP contribution in [-0.2, 0) is 0 Å². The Morgan fingerprint density at radius 1 is 1.19 bits per heavy atom. The van der Waals surface area contributed by atoms with Gasteiger partial charge in [-0.25, -0.2) is 9.67 Å². The Morgan fingerprint density at radius 2 is 1.97 bits per heavy atom. The standard InChI is InChI=1S/C22H19BrN6O2/c1-12-4-3-7-25-20(12)29-17(10-18(23)28-29)22(31)27-19-13(2)8-14(11-24)9-16(19)21(30)26-15-5-6-15/h3-4,7-10,15H,5-6H2,1-2H3,(H,26,30)(H,27,31). The van der Waals surface area contributed by atoms with E-state index in [9.17, 15) is 14.9 Å². The van der Waals surface area contributed by atoms with Gasteiger partial charge in [-0.3, -0.25) is 9.59 Å². The van der Waals surface area contributed by atoms with Crippen molar-refractivity contribution in [2.45, 2.75) is 32.7 Å². The first-order valence-corrected chi connectivity index (χ1v) is 10.5. The van der Waals surface area contributed by atoms with Gasteiger partial charge in [0.2, 0.25) is 0 Å². The van der Waals surface area contributed by atoms with Crippen LogP contribution in [0, 0.1) is 25.2 Å². The average molecular weight is 479 g/mol. The molecule has 2 N–H and O–H groups in total. The number of nitriles is 1. The Hall–Kier alpha value is -3.51. The normalized spacial score (nSPS) is 12.8. The van der Waals surface area contributed by atoms with Crippen LogP contribution < -0.4 is 10.6 Å². The molecule has 1 aliphatic carbocycles. The summed E-state index contributed by atoms with van der Waals surface area (Å²) in [5, 5.41) is 19.4. The maximum absolute atomic E-state index is 13.2. The van der Waals surface area contributed by atoms with Crippen LogP contribution >= 0.6 is 15.9 Å². The lowest BCUT2D eigenvalue weighted by Gasteiger charge is -2.15. The zero-order valence-electron chi connectivity index (χ0n) is 16.9. The summed E-state index contributed by atoms with van der Waals surface area (Å²) in [5.74, 6) is -0.230. The van der Waals surface area contributed by atoms with Crippen molar-refractivity contribution in [3.05, 3.63) is 69.1 Å². The third kappa shape index (κ3) is 4.34. The van der Waals surface area contributed by atoms with Crippen molar-refractivity contribution in [2.75, 3.05) is 5.32 Å². The van der Waals surface area contributed by atoms with E-state index in [1.54, 1.807) is 25.3 Å². The number of pyridine rings is 1. The van der Waals surface area contributed by atoms with E-state index >= 15 is 0 Å². The largest absolute Gasteiger partial charge is 0.349 e. The first kappa shape index (κ1) is 20.8. The van der Waals surface area contributed by atoms with E-state index in [0.29, 0.717) is 27.2 Å². The van der Waals surface area contributed by atoms with E-state index in [2.05, 4.69) is 42.7 Å². The molecule has 3 aromatic rings. The van der Waals surface area contributed by atoms with E-state index in [0.717, 1.165) is 18.4 Å². The lowest BCUT2D eigenvalue weighted by atomic mass is 10.0. The highest BCUT2D eigenvalue weighted by atomic mass is 79.9. The molecule has 31 heavy (non-hydrogen) atoms. The molecule has 0 atom stereocenters. The van der Waals surface area contributed by atoms with E-state index in [1.165, 1.54) is 10.7 Å². The highest BCUT2D eigenvalue weighted by molar-refractivity contribution is 9.10. The van der Waals surface area contributed by atoms with Gasteiger partial charge < -0.3 is 10.6 Å². The Labute approximate surface area is 187 Å². The van der Waals surface area contributed by atoms with Gasteiger partial charge in [-0.05, 0) is 71.9 Å². The minimum atomic E-state index is -0.448. The molecule has 9 heteroatoms. The fourth-order valence-corrected chi connectivity index (χ4v) is 3.62. The van der Waals surface area contributed by atoms with Gasteiger partial charge in [-0.1, -0.05) is 6.07 Å². The Morgan fingerprint density at radius 3 is 2.65 bits per heavy atom. The highest BCUT2D eigenvalue weighted by Gasteiger charge is 2.27. The van der Waals surface area contributed by atoms with Gasteiger partial charge in [0.15, 0.2) is 5.82 Å². The van der Waals surface area contributed by atoms with Crippen molar-refractivity contribution in [2.24, 2.45) is 0 Å². The van der Waals surface area contributed by atoms with Gasteiger partial charge >= 0.3 is 0 Å². The second kappa shape index (κ2) is 8.32. The third-order valence-electron chi connectivity index (χ3n) is 4.95. The summed E-state index contributed by atoms with van der Waals surface area (Å²) in [5.41, 5.74) is 2.71. The van der Waals surface area contributed by atoms with Gasteiger partial charge in [0.1, 0.15) is 10.3 Å². The lowest BCUT2D eigenvalue weighted by molar-refractivity contribution is 0.0952. The fourth-order valence-electron chi connectivity index (χ4n) is 3.24. The number of nitrogens with zero attached hydrogens (tertiary/aromatic N) is 4. The number of carbonyl (C=O) groups excluding carboxylic acids is 2. The third-order valence-corrected chi connectivity index (χ3v) is 5.34. The number of anilines is 1. The van der Waals surface area contributed by atoms with E-state index < -0.39 is 5.91 Å².